The largest absolute Gasteiger partial charge is 0.478 e. The summed E-state index contributed by atoms with van der Waals surface area (Å²) in [6, 6.07) is 2.35. The quantitative estimate of drug-likeness (QED) is 0.630. The van der Waals surface area contributed by atoms with E-state index in [0.717, 1.165) is 6.07 Å². The third kappa shape index (κ3) is 3.14. The maximum absolute atomic E-state index is 11.0. The molecule has 0 spiro atoms. The van der Waals surface area contributed by atoms with Gasteiger partial charge in [0.1, 0.15) is 0 Å². The number of aryl methyl sites for hydroxylation is 1. The molecule has 0 fully saturated rings. The van der Waals surface area contributed by atoms with Crippen LogP contribution in [0.2, 0.25) is 0 Å². The highest BCUT2D eigenvalue weighted by molar-refractivity contribution is 5.90. The molecule has 2 rings (SSSR count). The fraction of sp³-hybridized carbons (Fsp3) is 0.250. The summed E-state index contributed by atoms with van der Waals surface area (Å²) in [5.41, 5.74) is 0.231. The molecule has 0 amide bonds. The maximum atomic E-state index is 11.0. The second-order valence-corrected chi connectivity index (χ2v) is 4.32. The highest BCUT2D eigenvalue weighted by Gasteiger charge is 2.19. The molecule has 1 aromatic carbocycles. The van der Waals surface area contributed by atoms with Gasteiger partial charge < -0.3 is 14.9 Å². The molecule has 0 aliphatic carbocycles. The number of nitrogens with zero attached hydrogens (tertiary/aromatic N) is 3. The zero-order valence-corrected chi connectivity index (χ0v) is 11.3. The summed E-state index contributed by atoms with van der Waals surface area (Å²) < 4.78 is 4.91. The van der Waals surface area contributed by atoms with Gasteiger partial charge in [0.15, 0.2) is 5.82 Å². The molecule has 0 aliphatic rings. The first-order valence-corrected chi connectivity index (χ1v) is 5.94. The van der Waals surface area contributed by atoms with E-state index < -0.39 is 10.9 Å². The first-order valence-electron chi connectivity index (χ1n) is 5.94. The van der Waals surface area contributed by atoms with Crippen LogP contribution in [0.3, 0.4) is 0 Å². The van der Waals surface area contributed by atoms with Crippen LogP contribution in [0, 0.1) is 24.0 Å². The molecule has 0 atom stereocenters. The fourth-order valence-corrected chi connectivity index (χ4v) is 1.78. The fourth-order valence-electron chi connectivity index (χ4n) is 1.78. The number of hydrogen-bond acceptors (Lipinski definition) is 7. The van der Waals surface area contributed by atoms with E-state index in [2.05, 4.69) is 15.5 Å². The molecular weight excluding hydrogens is 280 g/mol. The van der Waals surface area contributed by atoms with Gasteiger partial charge in [0.05, 0.1) is 17.0 Å². The number of benzene rings is 1. The minimum absolute atomic E-state index is 0.141. The van der Waals surface area contributed by atoms with Gasteiger partial charge in [0.2, 0.25) is 5.89 Å². The number of hydrogen-bond donors (Lipinski definition) is 2. The van der Waals surface area contributed by atoms with Crippen LogP contribution in [-0.4, -0.2) is 26.1 Å². The molecule has 0 bridgehead atoms. The summed E-state index contributed by atoms with van der Waals surface area (Å²) in [6.07, 6.45) is 0. The Morgan fingerprint density at radius 3 is 2.71 bits per heavy atom. The van der Waals surface area contributed by atoms with E-state index in [1.807, 2.05) is 0 Å². The van der Waals surface area contributed by atoms with Gasteiger partial charge in [-0.15, -0.1) is 0 Å². The molecule has 0 saturated heterocycles. The Balaban J connectivity index is 2.32. The van der Waals surface area contributed by atoms with E-state index >= 15 is 0 Å². The molecule has 1 heterocycles. The number of aromatic carboxylic acids is 1. The van der Waals surface area contributed by atoms with Crippen molar-refractivity contribution in [3.8, 4) is 0 Å². The maximum Gasteiger partial charge on any atom is 0.336 e. The molecule has 9 nitrogen and oxygen atoms in total. The number of nitro groups is 1. The number of carbonyl (C=O) groups is 1. The van der Waals surface area contributed by atoms with Crippen molar-refractivity contribution >= 4 is 17.3 Å². The van der Waals surface area contributed by atoms with Gasteiger partial charge in [-0.05, 0) is 19.9 Å². The zero-order valence-electron chi connectivity index (χ0n) is 11.3. The van der Waals surface area contributed by atoms with Gasteiger partial charge in [0.25, 0.3) is 5.69 Å². The number of carboxylic acids is 1. The zero-order chi connectivity index (χ0) is 15.6. The molecule has 1 aromatic heterocycles. The molecule has 0 saturated carbocycles. The second kappa shape index (κ2) is 5.57. The predicted molar refractivity (Wildman–Crippen MR) is 71.2 cm³/mol. The van der Waals surface area contributed by atoms with Gasteiger partial charge in [-0.1, -0.05) is 5.16 Å². The Morgan fingerprint density at radius 1 is 1.48 bits per heavy atom. The van der Waals surface area contributed by atoms with Crippen molar-refractivity contribution < 1.29 is 19.3 Å². The predicted octanol–water partition coefficient (Wildman–Crippen LogP) is 1.90. The van der Waals surface area contributed by atoms with Crippen molar-refractivity contribution in [1.82, 2.24) is 10.1 Å². The van der Waals surface area contributed by atoms with Gasteiger partial charge in [-0.3, -0.25) is 10.1 Å². The van der Waals surface area contributed by atoms with E-state index in [0.29, 0.717) is 23.0 Å². The van der Waals surface area contributed by atoms with Gasteiger partial charge in [-0.25, -0.2) is 4.79 Å². The highest BCUT2D eigenvalue weighted by atomic mass is 16.6. The summed E-state index contributed by atoms with van der Waals surface area (Å²) in [6.45, 7) is 3.33. The highest BCUT2D eigenvalue weighted by Crippen LogP contribution is 2.28. The van der Waals surface area contributed by atoms with Gasteiger partial charge in [0, 0.05) is 17.3 Å². The molecule has 9 heteroatoms. The number of aromatic nitrogens is 2. The Labute approximate surface area is 118 Å². The number of nitrogens with one attached hydrogen (secondary N) is 1. The summed E-state index contributed by atoms with van der Waals surface area (Å²) in [5.74, 6) is -0.473. The topological polar surface area (TPSA) is 131 Å². The Hall–Kier alpha value is -2.97. The first kappa shape index (κ1) is 14.4. The van der Waals surface area contributed by atoms with Gasteiger partial charge >= 0.3 is 5.97 Å². The number of rotatable bonds is 5. The summed E-state index contributed by atoms with van der Waals surface area (Å²) in [5, 5.41) is 26.5. The van der Waals surface area contributed by atoms with Crippen molar-refractivity contribution in [3.63, 3.8) is 0 Å². The molecule has 2 aromatic rings. The molecule has 0 radical (unpaired) electrons. The normalized spacial score (nSPS) is 10.4. The molecule has 0 unspecified atom stereocenters. The lowest BCUT2D eigenvalue weighted by molar-refractivity contribution is -0.385. The van der Waals surface area contributed by atoms with Crippen LogP contribution in [-0.2, 0) is 6.54 Å². The second-order valence-electron chi connectivity index (χ2n) is 4.32. The van der Waals surface area contributed by atoms with Crippen LogP contribution in [0.5, 0.6) is 0 Å². The average Bonchev–Trinajstić information content (AvgIpc) is 2.82. The van der Waals surface area contributed by atoms with Crippen molar-refractivity contribution in [1.29, 1.82) is 0 Å². The third-order valence-corrected chi connectivity index (χ3v) is 2.82. The van der Waals surface area contributed by atoms with Crippen LogP contribution in [0.15, 0.2) is 16.7 Å². The van der Waals surface area contributed by atoms with E-state index in [-0.39, 0.29) is 17.8 Å². The SMILES string of the molecule is Cc1noc(CNc2cc(C(=O)O)cc([N+](=O)[O-])c2C)n1. The van der Waals surface area contributed by atoms with Crippen LogP contribution in [0.25, 0.3) is 0 Å². The van der Waals surface area contributed by atoms with Crippen LogP contribution in [0.4, 0.5) is 11.4 Å². The Kier molecular flexibility index (Phi) is 3.83. The number of anilines is 1. The minimum Gasteiger partial charge on any atom is -0.478 e. The van der Waals surface area contributed by atoms with Crippen LogP contribution < -0.4 is 5.32 Å². The lowest BCUT2D eigenvalue weighted by Gasteiger charge is -2.09. The average molecular weight is 292 g/mol. The lowest BCUT2D eigenvalue weighted by Crippen LogP contribution is -2.06. The molecule has 110 valence electrons. The molecule has 2 N–H and O–H groups in total. The minimum atomic E-state index is -1.24. The number of nitro benzene ring substituents is 1. The molecule has 21 heavy (non-hydrogen) atoms. The van der Waals surface area contributed by atoms with Crippen LogP contribution in [0.1, 0.15) is 27.6 Å². The van der Waals surface area contributed by atoms with E-state index in [1.165, 1.54) is 13.0 Å². The molecular formula is C12H12N4O5. The van der Waals surface area contributed by atoms with E-state index in [4.69, 9.17) is 9.63 Å². The third-order valence-electron chi connectivity index (χ3n) is 2.82. The first-order chi connectivity index (χ1) is 9.88. The Morgan fingerprint density at radius 2 is 2.19 bits per heavy atom. The standard InChI is InChI=1S/C12H12N4O5/c1-6-9(13-5-11-14-7(2)15-21-11)3-8(12(17)18)4-10(6)16(19)20/h3-4,13H,5H2,1-2H3,(H,17,18). The van der Waals surface area contributed by atoms with Crippen molar-refractivity contribution in [2.75, 3.05) is 5.32 Å². The van der Waals surface area contributed by atoms with Crippen molar-refractivity contribution in [3.05, 3.63) is 45.1 Å². The molecule has 0 aliphatic heterocycles. The van der Waals surface area contributed by atoms with Crippen molar-refractivity contribution in [2.45, 2.75) is 20.4 Å². The summed E-state index contributed by atoms with van der Waals surface area (Å²) in [4.78, 5) is 25.4. The Bertz CT molecular complexity index is 710. The van der Waals surface area contributed by atoms with Gasteiger partial charge in [-0.2, -0.15) is 4.98 Å². The van der Waals surface area contributed by atoms with E-state index in [9.17, 15) is 14.9 Å². The van der Waals surface area contributed by atoms with Crippen molar-refractivity contribution in [2.24, 2.45) is 0 Å². The summed E-state index contributed by atoms with van der Waals surface area (Å²) >= 11 is 0. The monoisotopic (exact) mass is 292 g/mol. The smallest absolute Gasteiger partial charge is 0.336 e. The van der Waals surface area contributed by atoms with Crippen LogP contribution >= 0.6 is 0 Å². The number of carboxylic acid groups (broad SMARTS) is 1. The lowest BCUT2D eigenvalue weighted by atomic mass is 10.1. The summed E-state index contributed by atoms with van der Waals surface area (Å²) in [7, 11) is 0. The van der Waals surface area contributed by atoms with E-state index in [1.54, 1.807) is 6.92 Å².